The van der Waals surface area contributed by atoms with Gasteiger partial charge in [-0.05, 0) is 24.6 Å². The van der Waals surface area contributed by atoms with Gasteiger partial charge in [0.1, 0.15) is 11.6 Å². The predicted molar refractivity (Wildman–Crippen MR) is 84.7 cm³/mol. The number of methoxy groups -OCH3 is 1. The summed E-state index contributed by atoms with van der Waals surface area (Å²) < 4.78 is 32.6. The van der Waals surface area contributed by atoms with Crippen molar-refractivity contribution in [1.82, 2.24) is 0 Å². The number of hydrogen-bond donors (Lipinski definition) is 0. The molecule has 5 heteroatoms. The Morgan fingerprint density at radius 3 is 2.45 bits per heavy atom. The predicted octanol–water partition coefficient (Wildman–Crippen LogP) is 4.60. The van der Waals surface area contributed by atoms with Crippen LogP contribution in [0.25, 0.3) is 11.1 Å². The van der Waals surface area contributed by atoms with Crippen LogP contribution in [0.4, 0.5) is 8.78 Å². The topological polar surface area (TPSA) is 26.3 Å². The summed E-state index contributed by atoms with van der Waals surface area (Å²) in [5, 5.41) is -0.0664. The summed E-state index contributed by atoms with van der Waals surface area (Å²) in [6, 6.07) is 10.8. The molecule has 22 heavy (non-hydrogen) atoms. The van der Waals surface area contributed by atoms with E-state index >= 15 is 0 Å². The van der Waals surface area contributed by atoms with Crippen LogP contribution < -0.4 is 0 Å². The fourth-order valence-electron chi connectivity index (χ4n) is 2.03. The Morgan fingerprint density at radius 1 is 1.14 bits per heavy atom. The summed E-state index contributed by atoms with van der Waals surface area (Å²) in [5.74, 6) is -1.05. The fourth-order valence-corrected chi connectivity index (χ4v) is 2.87. The molecule has 1 unspecified atom stereocenters. The van der Waals surface area contributed by atoms with E-state index in [9.17, 15) is 13.6 Å². The van der Waals surface area contributed by atoms with Gasteiger partial charge in [0, 0.05) is 16.4 Å². The van der Waals surface area contributed by atoms with E-state index in [0.717, 1.165) is 5.56 Å². The van der Waals surface area contributed by atoms with E-state index in [2.05, 4.69) is 4.74 Å². The van der Waals surface area contributed by atoms with Gasteiger partial charge >= 0.3 is 5.97 Å². The molecular weight excluding hydrogens is 306 g/mol. The molecule has 0 aliphatic heterocycles. The van der Waals surface area contributed by atoms with Gasteiger partial charge in [-0.2, -0.15) is 0 Å². The highest BCUT2D eigenvalue weighted by Crippen LogP contribution is 2.32. The van der Waals surface area contributed by atoms with Gasteiger partial charge in [0.2, 0.25) is 0 Å². The molecule has 0 bridgehead atoms. The number of thioether (sulfide) groups is 1. The molecule has 0 aromatic heterocycles. The number of rotatable bonds is 5. The molecule has 1 atom stereocenters. The Bertz CT molecular complexity index is 673. The van der Waals surface area contributed by atoms with Crippen molar-refractivity contribution in [3.05, 3.63) is 59.7 Å². The van der Waals surface area contributed by atoms with Crippen LogP contribution in [0.3, 0.4) is 0 Å². The second-order valence-electron chi connectivity index (χ2n) is 4.75. The van der Waals surface area contributed by atoms with E-state index in [1.165, 1.54) is 31.0 Å². The summed E-state index contributed by atoms with van der Waals surface area (Å²) in [5.41, 5.74) is 1.21. The molecule has 0 radical (unpaired) electrons. The number of esters is 1. The van der Waals surface area contributed by atoms with Gasteiger partial charge in [0.05, 0.1) is 12.9 Å². The summed E-state index contributed by atoms with van der Waals surface area (Å²) in [4.78, 5) is 11.1. The largest absolute Gasteiger partial charge is 0.468 e. The molecule has 2 nitrogen and oxygen atoms in total. The minimum absolute atomic E-state index is 0.0664. The van der Waals surface area contributed by atoms with Gasteiger partial charge < -0.3 is 4.74 Å². The van der Waals surface area contributed by atoms with Crippen molar-refractivity contribution in [1.29, 1.82) is 0 Å². The number of carbonyl (C=O) groups excluding carboxylic acids is 1. The van der Waals surface area contributed by atoms with Crippen LogP contribution >= 0.6 is 11.8 Å². The zero-order chi connectivity index (χ0) is 16.1. The monoisotopic (exact) mass is 322 g/mol. The molecule has 0 aliphatic carbocycles. The molecule has 2 aromatic carbocycles. The van der Waals surface area contributed by atoms with Crippen molar-refractivity contribution < 1.29 is 18.3 Å². The summed E-state index contributed by atoms with van der Waals surface area (Å²) in [6.45, 7) is 1.88. The van der Waals surface area contributed by atoms with Gasteiger partial charge in [0.15, 0.2) is 0 Å². The summed E-state index contributed by atoms with van der Waals surface area (Å²) >= 11 is 1.36. The highest BCUT2D eigenvalue weighted by molar-refractivity contribution is 8.00. The van der Waals surface area contributed by atoms with E-state index in [1.54, 1.807) is 30.3 Å². The van der Waals surface area contributed by atoms with E-state index in [0.29, 0.717) is 0 Å². The average molecular weight is 322 g/mol. The van der Waals surface area contributed by atoms with Crippen molar-refractivity contribution in [2.45, 2.75) is 12.2 Å². The number of benzene rings is 2. The van der Waals surface area contributed by atoms with Crippen LogP contribution in [0.2, 0.25) is 0 Å². The van der Waals surface area contributed by atoms with Gasteiger partial charge in [-0.15, -0.1) is 11.8 Å². The second-order valence-corrected chi connectivity index (χ2v) is 6.08. The van der Waals surface area contributed by atoms with Crippen LogP contribution in [-0.4, -0.2) is 18.8 Å². The van der Waals surface area contributed by atoms with Gasteiger partial charge in [0.25, 0.3) is 0 Å². The van der Waals surface area contributed by atoms with Crippen molar-refractivity contribution in [3.63, 3.8) is 0 Å². The number of halogens is 2. The number of hydrogen-bond acceptors (Lipinski definition) is 3. The third-order valence-corrected chi connectivity index (χ3v) is 4.48. The highest BCUT2D eigenvalue weighted by atomic mass is 32.2. The van der Waals surface area contributed by atoms with Crippen LogP contribution in [0.5, 0.6) is 0 Å². The minimum Gasteiger partial charge on any atom is -0.468 e. The maximum Gasteiger partial charge on any atom is 0.315 e. The first-order chi connectivity index (χ1) is 10.5. The molecule has 0 aliphatic rings. The van der Waals surface area contributed by atoms with E-state index in [-0.39, 0.29) is 28.1 Å². The zero-order valence-electron chi connectivity index (χ0n) is 12.3. The van der Waals surface area contributed by atoms with E-state index < -0.39 is 11.6 Å². The first kappa shape index (κ1) is 16.5. The molecule has 0 saturated heterocycles. The standard InChI is InChI=1S/C17H16F2O2S/c1-11(22-10-17(20)21-2)12-7-8-14(16(19)9-12)13-5-3-4-6-15(13)18/h3-9,11H,10H2,1-2H3. The summed E-state index contributed by atoms with van der Waals surface area (Å²) in [6.07, 6.45) is 0. The number of ether oxygens (including phenoxy) is 1. The lowest BCUT2D eigenvalue weighted by atomic mass is 10.0. The quantitative estimate of drug-likeness (QED) is 0.753. The maximum absolute atomic E-state index is 14.3. The molecule has 2 aromatic rings. The Morgan fingerprint density at radius 2 is 1.82 bits per heavy atom. The smallest absolute Gasteiger partial charge is 0.315 e. The Balaban J connectivity index is 2.19. The molecule has 0 heterocycles. The lowest BCUT2D eigenvalue weighted by molar-refractivity contribution is -0.137. The van der Waals surface area contributed by atoms with Crippen LogP contribution in [0, 0.1) is 11.6 Å². The highest BCUT2D eigenvalue weighted by Gasteiger charge is 2.14. The third kappa shape index (κ3) is 3.85. The van der Waals surface area contributed by atoms with Gasteiger partial charge in [-0.25, -0.2) is 8.78 Å². The van der Waals surface area contributed by atoms with E-state index in [4.69, 9.17) is 0 Å². The first-order valence-corrected chi connectivity index (χ1v) is 7.80. The Labute approximate surface area is 132 Å². The molecule has 0 fully saturated rings. The van der Waals surface area contributed by atoms with Crippen LogP contribution in [0.1, 0.15) is 17.7 Å². The first-order valence-electron chi connectivity index (χ1n) is 6.75. The van der Waals surface area contributed by atoms with Crippen molar-refractivity contribution in [3.8, 4) is 11.1 Å². The van der Waals surface area contributed by atoms with Crippen LogP contribution in [0.15, 0.2) is 42.5 Å². The molecule has 0 N–H and O–H groups in total. The zero-order valence-corrected chi connectivity index (χ0v) is 13.1. The van der Waals surface area contributed by atoms with Crippen LogP contribution in [-0.2, 0) is 9.53 Å². The third-order valence-electron chi connectivity index (χ3n) is 3.31. The molecular formula is C17H16F2O2S. The maximum atomic E-state index is 14.3. The Kier molecular flexibility index (Phi) is 5.55. The SMILES string of the molecule is COC(=O)CSC(C)c1ccc(-c2ccccc2F)c(F)c1. The average Bonchev–Trinajstić information content (AvgIpc) is 2.53. The molecule has 116 valence electrons. The lowest BCUT2D eigenvalue weighted by Crippen LogP contribution is -2.05. The molecule has 0 saturated carbocycles. The molecule has 2 rings (SSSR count). The fraction of sp³-hybridized carbons (Fsp3) is 0.235. The number of carbonyl (C=O) groups is 1. The minimum atomic E-state index is -0.479. The molecule has 0 spiro atoms. The lowest BCUT2D eigenvalue weighted by Gasteiger charge is -2.13. The summed E-state index contributed by atoms with van der Waals surface area (Å²) in [7, 11) is 1.33. The molecule has 0 amide bonds. The van der Waals surface area contributed by atoms with Gasteiger partial charge in [-0.3, -0.25) is 4.79 Å². The normalized spacial score (nSPS) is 12.0. The van der Waals surface area contributed by atoms with E-state index in [1.807, 2.05) is 6.92 Å². The van der Waals surface area contributed by atoms with Crippen molar-refractivity contribution >= 4 is 17.7 Å². The Hall–Kier alpha value is -1.88. The van der Waals surface area contributed by atoms with Crippen molar-refractivity contribution in [2.24, 2.45) is 0 Å². The van der Waals surface area contributed by atoms with Crippen molar-refractivity contribution in [2.75, 3.05) is 12.9 Å². The second kappa shape index (κ2) is 7.40. The van der Waals surface area contributed by atoms with Gasteiger partial charge in [-0.1, -0.05) is 30.3 Å².